The van der Waals surface area contributed by atoms with E-state index in [2.05, 4.69) is 68.5 Å². The summed E-state index contributed by atoms with van der Waals surface area (Å²) in [6.07, 6.45) is 27.1. The number of rotatable bonds is 4. The molecule has 9 rings (SSSR count). The summed E-state index contributed by atoms with van der Waals surface area (Å²) >= 11 is 0. The summed E-state index contributed by atoms with van der Waals surface area (Å²) < 4.78 is 0. The molecule has 4 aliphatic heterocycles. The van der Waals surface area contributed by atoms with E-state index in [0.29, 0.717) is 0 Å². The third-order valence-electron chi connectivity index (χ3n) is 8.85. The Morgan fingerprint density at radius 2 is 1.00 bits per heavy atom. The summed E-state index contributed by atoms with van der Waals surface area (Å²) in [6, 6.07) is 20.0. The maximum Gasteiger partial charge on any atom is 2.00 e. The van der Waals surface area contributed by atoms with Crippen molar-refractivity contribution in [2.24, 2.45) is 9.98 Å². The van der Waals surface area contributed by atoms with Crippen molar-refractivity contribution in [3.05, 3.63) is 203 Å². The molecule has 5 aromatic rings. The zero-order valence-corrected chi connectivity index (χ0v) is 29.3. The molecule has 0 fully saturated rings. The molecule has 0 spiro atoms. The first-order valence-electron chi connectivity index (χ1n) is 15.7. The zero-order valence-electron chi connectivity index (χ0n) is 26.3. The summed E-state index contributed by atoms with van der Waals surface area (Å²) in [5.41, 5.74) is 12.7. The maximum atomic E-state index is 5.37. The van der Waals surface area contributed by atoms with Gasteiger partial charge >= 0.3 is 19.5 Å². The van der Waals surface area contributed by atoms with Gasteiger partial charge in [0.05, 0.1) is 17.1 Å². The minimum Gasteiger partial charge on any atom is -0.677 e. The van der Waals surface area contributed by atoms with Crippen LogP contribution in [0.1, 0.15) is 39.6 Å². The van der Waals surface area contributed by atoms with E-state index in [0.717, 1.165) is 78.9 Å². The van der Waals surface area contributed by atoms with E-state index in [1.165, 1.54) is 0 Å². The Balaban J connectivity index is 0.00000348. The average Bonchev–Trinajstić information content (AvgIpc) is 3.98. The normalized spacial score (nSPS) is 23.6. The van der Waals surface area contributed by atoms with Gasteiger partial charge in [-0.15, -0.1) is 17.1 Å². The molecule has 4 aliphatic rings. The van der Waals surface area contributed by atoms with Crippen molar-refractivity contribution in [3.63, 3.8) is 0 Å². The van der Waals surface area contributed by atoms with Crippen LogP contribution >= 0.6 is 0 Å². The summed E-state index contributed by atoms with van der Waals surface area (Å²) in [7, 11) is 0. The molecule has 0 aromatic carbocycles. The summed E-state index contributed by atoms with van der Waals surface area (Å²) in [5, 5.41) is 5.37. The number of aromatic nitrogens is 5. The number of pyridine rings is 4. The van der Waals surface area contributed by atoms with Crippen LogP contribution in [-0.2, 0) is 19.5 Å². The van der Waals surface area contributed by atoms with Gasteiger partial charge in [-0.2, -0.15) is 0 Å². The van der Waals surface area contributed by atoms with Gasteiger partial charge in [0.1, 0.15) is 0 Å². The molecule has 0 saturated carbocycles. The smallest absolute Gasteiger partial charge is 0.677 e. The third-order valence-corrected chi connectivity index (χ3v) is 8.85. The molecule has 0 N–H and O–H groups in total. The van der Waals surface area contributed by atoms with Crippen molar-refractivity contribution in [1.82, 2.24) is 24.9 Å². The molecule has 9 heteroatoms. The van der Waals surface area contributed by atoms with E-state index in [9.17, 15) is 0 Å². The summed E-state index contributed by atoms with van der Waals surface area (Å²) in [5.74, 6) is -0.140. The van der Waals surface area contributed by atoms with Crippen molar-refractivity contribution in [3.8, 4) is 0 Å². The van der Waals surface area contributed by atoms with Crippen LogP contribution in [0.2, 0.25) is 0 Å². The number of hydrogen-bond donors (Lipinski definition) is 0. The summed E-state index contributed by atoms with van der Waals surface area (Å²) in [6.45, 7) is 0. The number of aliphatic imine (C=N–C) groups is 2. The van der Waals surface area contributed by atoms with Crippen LogP contribution in [0.5, 0.6) is 0 Å². The van der Waals surface area contributed by atoms with Gasteiger partial charge in [0.2, 0.25) is 0 Å². The monoisotopic (exact) mass is 682 g/mol. The van der Waals surface area contributed by atoms with E-state index in [1.807, 2.05) is 60.9 Å². The maximum absolute atomic E-state index is 5.37. The summed E-state index contributed by atoms with van der Waals surface area (Å²) in [4.78, 5) is 33.0. The van der Waals surface area contributed by atoms with E-state index in [4.69, 9.17) is 20.3 Å². The van der Waals surface area contributed by atoms with Crippen molar-refractivity contribution in [2.75, 3.05) is 0 Å². The van der Waals surface area contributed by atoms with Crippen LogP contribution in [0, 0.1) is 0 Å². The van der Waals surface area contributed by atoms with Gasteiger partial charge in [0.25, 0.3) is 0 Å². The number of allylic oxidation sites excluding steroid dienone is 6. The Hall–Kier alpha value is -5.92. The van der Waals surface area contributed by atoms with Crippen LogP contribution in [-0.4, -0.2) is 37.4 Å². The molecule has 5 aromatic heterocycles. The van der Waals surface area contributed by atoms with Gasteiger partial charge in [-0.25, -0.2) is 4.99 Å². The Morgan fingerprint density at radius 3 is 1.59 bits per heavy atom. The minimum absolute atomic E-state index is 0. The molecular formula is C40H26N8Zn. The third kappa shape index (κ3) is 5.58. The number of fused-ring (bicyclic) bond motifs is 6. The average molecular weight is 684 g/mol. The van der Waals surface area contributed by atoms with Gasteiger partial charge in [-0.05, 0) is 112 Å². The Morgan fingerprint density at radius 1 is 0.490 bits per heavy atom. The van der Waals surface area contributed by atoms with E-state index < -0.39 is 0 Å². The first kappa shape index (κ1) is 30.4. The molecule has 0 saturated heterocycles. The second-order valence-electron chi connectivity index (χ2n) is 11.6. The SMILES string of the molecule is C1=C/C2=C(\c3ccncc3)c3ccc([n-]3)/C(c3ccncc3)=C3/C=CC(=N3)C(c3ccncc3)C3C=C/C(=C(\c4ccncc4)C1=N2)[N-]3.[Zn+2]. The first-order chi connectivity index (χ1) is 23.8. The van der Waals surface area contributed by atoms with Crippen LogP contribution in [0.4, 0.5) is 0 Å². The second kappa shape index (κ2) is 12.9. The molecule has 228 valence electrons. The fourth-order valence-electron chi connectivity index (χ4n) is 6.69. The Bertz CT molecular complexity index is 2290. The van der Waals surface area contributed by atoms with Crippen LogP contribution in [0.25, 0.3) is 22.0 Å². The largest absolute Gasteiger partial charge is 2.00 e. The second-order valence-corrected chi connectivity index (χ2v) is 11.6. The first-order valence-corrected chi connectivity index (χ1v) is 15.7. The van der Waals surface area contributed by atoms with Crippen molar-refractivity contribution in [2.45, 2.75) is 12.0 Å². The molecule has 0 radical (unpaired) electrons. The number of nitrogens with zero attached hydrogens (tertiary/aromatic N) is 8. The molecule has 9 heterocycles. The molecule has 2 atom stereocenters. The van der Waals surface area contributed by atoms with Gasteiger partial charge < -0.3 is 10.3 Å². The molecule has 8 nitrogen and oxygen atoms in total. The fraction of sp³-hybridized carbons (Fsp3) is 0.0500. The van der Waals surface area contributed by atoms with Crippen LogP contribution in [0.3, 0.4) is 0 Å². The molecular weight excluding hydrogens is 658 g/mol. The van der Waals surface area contributed by atoms with Crippen molar-refractivity contribution >= 4 is 28.1 Å². The number of hydrogen-bond acceptors (Lipinski definition) is 6. The molecule has 49 heavy (non-hydrogen) atoms. The van der Waals surface area contributed by atoms with Gasteiger partial charge in [-0.3, -0.25) is 24.9 Å². The minimum atomic E-state index is -0.198. The van der Waals surface area contributed by atoms with E-state index >= 15 is 0 Å². The fourth-order valence-corrected chi connectivity index (χ4v) is 6.69. The van der Waals surface area contributed by atoms with Crippen LogP contribution in [0.15, 0.2) is 174 Å². The zero-order chi connectivity index (χ0) is 31.9. The topological polar surface area (TPSA) is 104 Å². The quantitative estimate of drug-likeness (QED) is 0.185. The predicted molar refractivity (Wildman–Crippen MR) is 188 cm³/mol. The molecule has 8 bridgehead atoms. The Labute approximate surface area is 296 Å². The van der Waals surface area contributed by atoms with Crippen molar-refractivity contribution in [1.29, 1.82) is 0 Å². The van der Waals surface area contributed by atoms with Crippen molar-refractivity contribution < 1.29 is 19.5 Å². The van der Waals surface area contributed by atoms with E-state index in [1.54, 1.807) is 37.2 Å². The molecule has 2 unspecified atom stereocenters. The van der Waals surface area contributed by atoms with Gasteiger partial charge in [0, 0.05) is 61.2 Å². The molecule has 0 amide bonds. The van der Waals surface area contributed by atoms with Gasteiger partial charge in [-0.1, -0.05) is 30.3 Å². The van der Waals surface area contributed by atoms with Crippen LogP contribution < -0.4 is 4.98 Å². The predicted octanol–water partition coefficient (Wildman–Crippen LogP) is 7.28. The molecule has 0 aliphatic carbocycles. The van der Waals surface area contributed by atoms with E-state index in [-0.39, 0.29) is 31.4 Å². The van der Waals surface area contributed by atoms with Gasteiger partial charge in [0.15, 0.2) is 0 Å². The standard InChI is InChI=1S/C40H26N8.Zn/c1-2-30-38(26-11-19-42-20-12-26)32-5-6-34(47-32)40(28-15-23-44-24-16-28)36-8-7-35(48-36)39(27-13-21-43-22-14-27)33-4-3-31(46-33)37(29(1)45-30)25-9-17-41-18-10-25;/h1-24,29,37H;/q-2;+2/b38-30-,39-33-,40-34-;. The Kier molecular flexibility index (Phi) is 8.03.